The van der Waals surface area contributed by atoms with Gasteiger partial charge in [-0.15, -0.1) is 0 Å². The van der Waals surface area contributed by atoms with E-state index in [0.717, 1.165) is 12.5 Å². The zero-order valence-electron chi connectivity index (χ0n) is 9.56. The van der Waals surface area contributed by atoms with E-state index in [1.165, 1.54) is 12.3 Å². The lowest BCUT2D eigenvalue weighted by Crippen LogP contribution is -2.40. The van der Waals surface area contributed by atoms with Gasteiger partial charge >= 0.3 is 0 Å². The predicted molar refractivity (Wildman–Crippen MR) is 62.3 cm³/mol. The number of pyridine rings is 1. The molecule has 1 atom stereocenters. The van der Waals surface area contributed by atoms with Crippen molar-refractivity contribution in [2.24, 2.45) is 5.73 Å². The highest BCUT2D eigenvalue weighted by Gasteiger charge is 2.23. The molecule has 96 valence electrons. The molecule has 1 aromatic heterocycles. The monoisotopic (exact) mass is 261 g/mol. The van der Waals surface area contributed by atoms with Crippen molar-refractivity contribution in [3.05, 3.63) is 24.1 Å². The SMILES string of the molecule is CCCC(CN)NS(=O)(=O)c1ncccc1F. The third kappa shape index (κ3) is 3.72. The van der Waals surface area contributed by atoms with E-state index in [-0.39, 0.29) is 6.54 Å². The number of nitrogens with zero attached hydrogens (tertiary/aromatic N) is 1. The van der Waals surface area contributed by atoms with Crippen LogP contribution in [0.2, 0.25) is 0 Å². The zero-order chi connectivity index (χ0) is 12.9. The van der Waals surface area contributed by atoms with Crippen LogP contribution in [0, 0.1) is 5.82 Å². The zero-order valence-corrected chi connectivity index (χ0v) is 10.4. The fraction of sp³-hybridized carbons (Fsp3) is 0.500. The van der Waals surface area contributed by atoms with Crippen LogP contribution in [-0.2, 0) is 10.0 Å². The molecule has 0 aliphatic heterocycles. The molecule has 0 spiro atoms. The van der Waals surface area contributed by atoms with E-state index in [4.69, 9.17) is 5.73 Å². The maximum Gasteiger partial charge on any atom is 0.261 e. The number of hydrogen-bond donors (Lipinski definition) is 2. The molecule has 0 radical (unpaired) electrons. The summed E-state index contributed by atoms with van der Waals surface area (Å²) < 4.78 is 39.3. The van der Waals surface area contributed by atoms with Gasteiger partial charge in [-0.2, -0.15) is 0 Å². The van der Waals surface area contributed by atoms with Crippen LogP contribution >= 0.6 is 0 Å². The summed E-state index contributed by atoms with van der Waals surface area (Å²) in [6.45, 7) is 2.08. The molecular weight excluding hydrogens is 245 g/mol. The van der Waals surface area contributed by atoms with Crippen LogP contribution in [-0.4, -0.2) is 26.0 Å². The van der Waals surface area contributed by atoms with E-state index in [2.05, 4.69) is 9.71 Å². The molecule has 1 rings (SSSR count). The highest BCUT2D eigenvalue weighted by atomic mass is 32.2. The molecule has 1 heterocycles. The second-order valence-electron chi connectivity index (χ2n) is 3.63. The molecule has 17 heavy (non-hydrogen) atoms. The van der Waals surface area contributed by atoms with Crippen molar-refractivity contribution in [2.75, 3.05) is 6.54 Å². The van der Waals surface area contributed by atoms with Crippen molar-refractivity contribution in [2.45, 2.75) is 30.8 Å². The first-order valence-corrected chi connectivity index (χ1v) is 6.82. The smallest absolute Gasteiger partial charge is 0.261 e. The Kier molecular flexibility index (Phi) is 4.98. The molecule has 0 aromatic carbocycles. The van der Waals surface area contributed by atoms with E-state index in [1.807, 2.05) is 6.92 Å². The van der Waals surface area contributed by atoms with Gasteiger partial charge < -0.3 is 5.73 Å². The normalized spacial score (nSPS) is 13.6. The minimum absolute atomic E-state index is 0.168. The molecule has 0 fully saturated rings. The van der Waals surface area contributed by atoms with Gasteiger partial charge in [0.25, 0.3) is 10.0 Å². The predicted octanol–water partition coefficient (Wildman–Crippen LogP) is 0.626. The molecule has 0 saturated heterocycles. The number of sulfonamides is 1. The molecule has 0 amide bonds. The molecule has 1 unspecified atom stereocenters. The molecular formula is C10H16FN3O2S. The number of nitrogens with two attached hydrogens (primary N) is 1. The molecule has 1 aromatic rings. The van der Waals surface area contributed by atoms with E-state index in [0.29, 0.717) is 6.42 Å². The number of rotatable bonds is 6. The Hall–Kier alpha value is -1.05. The Morgan fingerprint density at radius 2 is 2.29 bits per heavy atom. The van der Waals surface area contributed by atoms with Gasteiger partial charge in [0.2, 0.25) is 5.03 Å². The lowest BCUT2D eigenvalue weighted by Gasteiger charge is -2.15. The van der Waals surface area contributed by atoms with Crippen LogP contribution in [0.15, 0.2) is 23.4 Å². The fourth-order valence-corrected chi connectivity index (χ4v) is 2.71. The standard InChI is InChI=1S/C10H16FN3O2S/c1-2-4-8(7-12)14-17(15,16)10-9(11)5-3-6-13-10/h3,5-6,8,14H,2,4,7,12H2,1H3. The van der Waals surface area contributed by atoms with Gasteiger partial charge in [0.1, 0.15) is 0 Å². The van der Waals surface area contributed by atoms with Crippen molar-refractivity contribution in [3.8, 4) is 0 Å². The van der Waals surface area contributed by atoms with Crippen LogP contribution in [0.3, 0.4) is 0 Å². The second-order valence-corrected chi connectivity index (χ2v) is 5.26. The lowest BCUT2D eigenvalue weighted by atomic mass is 10.2. The maximum absolute atomic E-state index is 13.3. The number of nitrogens with one attached hydrogen (secondary N) is 1. The van der Waals surface area contributed by atoms with Gasteiger partial charge in [-0.1, -0.05) is 13.3 Å². The van der Waals surface area contributed by atoms with Gasteiger partial charge in [0, 0.05) is 18.8 Å². The van der Waals surface area contributed by atoms with Crippen LogP contribution in [0.1, 0.15) is 19.8 Å². The molecule has 0 aliphatic carbocycles. The van der Waals surface area contributed by atoms with Gasteiger partial charge in [-0.25, -0.2) is 22.5 Å². The molecule has 0 bridgehead atoms. The summed E-state index contributed by atoms with van der Waals surface area (Å²) in [5.41, 5.74) is 5.44. The Balaban J connectivity index is 2.92. The molecule has 7 heteroatoms. The van der Waals surface area contributed by atoms with E-state index in [1.54, 1.807) is 0 Å². The fourth-order valence-electron chi connectivity index (χ4n) is 1.42. The summed E-state index contributed by atoms with van der Waals surface area (Å²) in [7, 11) is -3.94. The lowest BCUT2D eigenvalue weighted by molar-refractivity contribution is 0.511. The number of hydrogen-bond acceptors (Lipinski definition) is 4. The Bertz CT molecular complexity index is 464. The van der Waals surface area contributed by atoms with Crippen molar-refractivity contribution < 1.29 is 12.8 Å². The Morgan fingerprint density at radius 3 is 2.82 bits per heavy atom. The maximum atomic E-state index is 13.3. The third-order valence-electron chi connectivity index (χ3n) is 2.22. The third-order valence-corrected chi connectivity index (χ3v) is 3.68. The highest BCUT2D eigenvalue weighted by molar-refractivity contribution is 7.89. The first kappa shape index (κ1) is 14.0. The number of halogens is 1. The first-order valence-electron chi connectivity index (χ1n) is 5.34. The Morgan fingerprint density at radius 1 is 1.59 bits per heavy atom. The number of aromatic nitrogens is 1. The van der Waals surface area contributed by atoms with Gasteiger partial charge in [0.05, 0.1) is 0 Å². The van der Waals surface area contributed by atoms with Crippen LogP contribution in [0.25, 0.3) is 0 Å². The Labute approximate surface area is 100 Å². The summed E-state index contributed by atoms with van der Waals surface area (Å²) >= 11 is 0. The highest BCUT2D eigenvalue weighted by Crippen LogP contribution is 2.11. The summed E-state index contributed by atoms with van der Waals surface area (Å²) in [6.07, 6.45) is 2.62. The summed E-state index contributed by atoms with van der Waals surface area (Å²) in [4.78, 5) is 3.53. The minimum atomic E-state index is -3.94. The van der Waals surface area contributed by atoms with Crippen LogP contribution < -0.4 is 10.5 Å². The molecule has 0 saturated carbocycles. The van der Waals surface area contributed by atoms with Gasteiger partial charge in [-0.3, -0.25) is 0 Å². The summed E-state index contributed by atoms with van der Waals surface area (Å²) in [6, 6.07) is 1.99. The van der Waals surface area contributed by atoms with Crippen molar-refractivity contribution in [3.63, 3.8) is 0 Å². The average molecular weight is 261 g/mol. The second kappa shape index (κ2) is 6.04. The van der Waals surface area contributed by atoms with Gasteiger partial charge in [-0.05, 0) is 18.6 Å². The summed E-state index contributed by atoms with van der Waals surface area (Å²) in [5, 5.41) is -0.588. The van der Waals surface area contributed by atoms with Crippen LogP contribution in [0.5, 0.6) is 0 Å². The van der Waals surface area contributed by atoms with Crippen LogP contribution in [0.4, 0.5) is 4.39 Å². The van der Waals surface area contributed by atoms with Gasteiger partial charge in [0.15, 0.2) is 5.82 Å². The van der Waals surface area contributed by atoms with E-state index >= 15 is 0 Å². The topological polar surface area (TPSA) is 85.1 Å². The molecule has 0 aliphatic rings. The summed E-state index contributed by atoms with van der Waals surface area (Å²) in [5.74, 6) is -0.868. The minimum Gasteiger partial charge on any atom is -0.329 e. The first-order chi connectivity index (χ1) is 8.01. The molecule has 3 N–H and O–H groups in total. The van der Waals surface area contributed by atoms with Crippen molar-refractivity contribution >= 4 is 10.0 Å². The van der Waals surface area contributed by atoms with E-state index < -0.39 is 26.9 Å². The van der Waals surface area contributed by atoms with E-state index in [9.17, 15) is 12.8 Å². The van der Waals surface area contributed by atoms with Crippen molar-refractivity contribution in [1.82, 2.24) is 9.71 Å². The average Bonchev–Trinajstić information content (AvgIpc) is 2.28. The quantitative estimate of drug-likeness (QED) is 0.786. The molecule has 5 nitrogen and oxygen atoms in total. The largest absolute Gasteiger partial charge is 0.329 e. The van der Waals surface area contributed by atoms with Crippen molar-refractivity contribution in [1.29, 1.82) is 0 Å².